The van der Waals surface area contributed by atoms with E-state index in [1.807, 2.05) is 30.5 Å². The van der Waals surface area contributed by atoms with Crippen molar-refractivity contribution < 1.29 is 9.53 Å². The average molecular weight is 426 g/mol. The van der Waals surface area contributed by atoms with Crippen LogP contribution in [0.5, 0.6) is 11.6 Å². The predicted molar refractivity (Wildman–Crippen MR) is 123 cm³/mol. The fraction of sp³-hybridized carbons (Fsp3) is 0.167. The van der Waals surface area contributed by atoms with Crippen molar-refractivity contribution in [2.75, 3.05) is 17.2 Å². The van der Waals surface area contributed by atoms with Crippen LogP contribution in [0.15, 0.2) is 60.9 Å². The number of ether oxygens (including phenoxy) is 1. The Kier molecular flexibility index (Phi) is 6.28. The molecule has 0 radical (unpaired) electrons. The van der Waals surface area contributed by atoms with Crippen LogP contribution in [0, 0.1) is 11.3 Å². The minimum atomic E-state index is -0.0651. The Morgan fingerprint density at radius 2 is 2.03 bits per heavy atom. The summed E-state index contributed by atoms with van der Waals surface area (Å²) in [5, 5.41) is 14.8. The van der Waals surface area contributed by atoms with Gasteiger partial charge in [0.15, 0.2) is 5.65 Å². The quantitative estimate of drug-likeness (QED) is 0.338. The Hall–Kier alpha value is -4.38. The topological polar surface area (TPSA) is 116 Å². The number of aromatic nitrogens is 3. The van der Waals surface area contributed by atoms with Crippen LogP contribution >= 0.6 is 0 Å². The Bertz CT molecular complexity index is 1290. The zero-order valence-electron chi connectivity index (χ0n) is 17.6. The summed E-state index contributed by atoms with van der Waals surface area (Å²) in [7, 11) is 0. The minimum absolute atomic E-state index is 0.0651. The van der Waals surface area contributed by atoms with E-state index in [1.165, 1.54) is 0 Å². The summed E-state index contributed by atoms with van der Waals surface area (Å²) in [6.45, 7) is 2.39. The number of anilines is 2. The Balaban J connectivity index is 1.59. The number of rotatable bonds is 8. The largest absolute Gasteiger partial charge is 0.437 e. The lowest BCUT2D eigenvalue weighted by Crippen LogP contribution is -2.09. The van der Waals surface area contributed by atoms with Crippen LogP contribution in [0.25, 0.3) is 22.3 Å². The maximum atomic E-state index is 11.6. The van der Waals surface area contributed by atoms with E-state index >= 15 is 0 Å². The number of H-pyrrole nitrogens is 1. The molecule has 0 bridgehead atoms. The van der Waals surface area contributed by atoms with Gasteiger partial charge in [-0.05, 0) is 29.8 Å². The lowest BCUT2D eigenvalue weighted by molar-refractivity contribution is -0.115. The van der Waals surface area contributed by atoms with E-state index in [1.54, 1.807) is 37.4 Å². The van der Waals surface area contributed by atoms with Crippen LogP contribution in [0.1, 0.15) is 19.8 Å². The molecule has 0 saturated heterocycles. The van der Waals surface area contributed by atoms with Gasteiger partial charge in [-0.15, -0.1) is 0 Å². The van der Waals surface area contributed by atoms with Gasteiger partial charge in [0.05, 0.1) is 18.7 Å². The second-order valence-electron chi connectivity index (χ2n) is 7.06. The molecular weight excluding hydrogens is 404 g/mol. The van der Waals surface area contributed by atoms with Gasteiger partial charge in [-0.3, -0.25) is 4.79 Å². The third kappa shape index (κ3) is 4.84. The lowest BCUT2D eigenvalue weighted by atomic mass is 10.1. The summed E-state index contributed by atoms with van der Waals surface area (Å²) < 4.78 is 5.91. The van der Waals surface area contributed by atoms with E-state index in [2.05, 4.69) is 31.7 Å². The number of benzene rings is 2. The molecule has 0 saturated carbocycles. The first-order valence-corrected chi connectivity index (χ1v) is 10.3. The van der Waals surface area contributed by atoms with Crippen molar-refractivity contribution in [3.63, 3.8) is 0 Å². The van der Waals surface area contributed by atoms with E-state index < -0.39 is 0 Å². The summed E-state index contributed by atoms with van der Waals surface area (Å²) in [5.74, 6) is 0.832. The van der Waals surface area contributed by atoms with E-state index in [4.69, 9.17) is 10.00 Å². The molecule has 2 aromatic carbocycles. The van der Waals surface area contributed by atoms with Crippen LogP contribution in [0.3, 0.4) is 0 Å². The molecule has 32 heavy (non-hydrogen) atoms. The number of amides is 1. The minimum Gasteiger partial charge on any atom is -0.437 e. The molecule has 2 heterocycles. The number of nitriles is 1. The highest BCUT2D eigenvalue weighted by molar-refractivity contribution is 5.91. The molecule has 3 N–H and O–H groups in total. The van der Waals surface area contributed by atoms with Gasteiger partial charge in [-0.2, -0.15) is 5.26 Å². The van der Waals surface area contributed by atoms with Crippen LogP contribution in [0.4, 0.5) is 11.4 Å². The smallest absolute Gasteiger partial charge is 0.238 e. The molecule has 4 rings (SSSR count). The Morgan fingerprint density at radius 3 is 2.88 bits per heavy atom. The van der Waals surface area contributed by atoms with E-state index in [9.17, 15) is 4.79 Å². The van der Waals surface area contributed by atoms with Crippen molar-refractivity contribution in [1.82, 2.24) is 15.0 Å². The maximum absolute atomic E-state index is 11.6. The van der Waals surface area contributed by atoms with Gasteiger partial charge >= 0.3 is 0 Å². The number of hydrogen-bond donors (Lipinski definition) is 3. The molecule has 4 aromatic rings. The second-order valence-corrected chi connectivity index (χ2v) is 7.06. The molecule has 0 unspecified atom stereocenters. The van der Waals surface area contributed by atoms with Gasteiger partial charge in [0.25, 0.3) is 0 Å². The lowest BCUT2D eigenvalue weighted by Gasteiger charge is -2.08. The predicted octanol–water partition coefficient (Wildman–Crippen LogP) is 5.09. The fourth-order valence-electron chi connectivity index (χ4n) is 3.21. The maximum Gasteiger partial charge on any atom is 0.238 e. The molecule has 8 nitrogen and oxygen atoms in total. The Morgan fingerprint density at radius 1 is 1.19 bits per heavy atom. The SMILES string of the molecule is CCC(=O)Nc1cccc(Oc2cnc3[nH]cc(-c4cccc(NCCC#N)c4)c3n2)c1. The van der Waals surface area contributed by atoms with Gasteiger partial charge in [0.1, 0.15) is 11.3 Å². The molecule has 0 aliphatic rings. The molecule has 1 amide bonds. The summed E-state index contributed by atoms with van der Waals surface area (Å²) >= 11 is 0. The van der Waals surface area contributed by atoms with Crippen LogP contribution in [-0.4, -0.2) is 27.4 Å². The number of nitrogens with zero attached hydrogens (tertiary/aromatic N) is 3. The fourth-order valence-corrected chi connectivity index (χ4v) is 3.21. The first-order valence-electron chi connectivity index (χ1n) is 10.3. The van der Waals surface area contributed by atoms with E-state index in [0.29, 0.717) is 47.9 Å². The van der Waals surface area contributed by atoms with Crippen molar-refractivity contribution in [3.8, 4) is 28.8 Å². The first-order chi connectivity index (χ1) is 15.7. The van der Waals surface area contributed by atoms with Crippen molar-refractivity contribution in [2.45, 2.75) is 19.8 Å². The van der Waals surface area contributed by atoms with Gasteiger partial charge in [0.2, 0.25) is 11.8 Å². The molecule has 2 aromatic heterocycles. The van der Waals surface area contributed by atoms with Crippen molar-refractivity contribution in [1.29, 1.82) is 5.26 Å². The average Bonchev–Trinajstić information content (AvgIpc) is 3.23. The van der Waals surface area contributed by atoms with Crippen LogP contribution < -0.4 is 15.4 Å². The zero-order chi connectivity index (χ0) is 22.3. The number of carbonyl (C=O) groups excluding carboxylic acids is 1. The summed E-state index contributed by atoms with van der Waals surface area (Å²) in [6, 6.07) is 17.2. The van der Waals surface area contributed by atoms with Crippen LogP contribution in [0.2, 0.25) is 0 Å². The van der Waals surface area contributed by atoms with Crippen molar-refractivity contribution >= 4 is 28.4 Å². The van der Waals surface area contributed by atoms with Crippen LogP contribution in [-0.2, 0) is 4.79 Å². The zero-order valence-corrected chi connectivity index (χ0v) is 17.6. The highest BCUT2D eigenvalue weighted by Crippen LogP contribution is 2.30. The molecule has 8 heteroatoms. The molecule has 0 aliphatic carbocycles. The molecule has 160 valence electrons. The Labute approximate surface area is 185 Å². The van der Waals surface area contributed by atoms with Crippen molar-refractivity contribution in [3.05, 3.63) is 60.9 Å². The number of aromatic amines is 1. The summed E-state index contributed by atoms with van der Waals surface area (Å²) in [5.41, 5.74) is 4.79. The summed E-state index contributed by atoms with van der Waals surface area (Å²) in [4.78, 5) is 23.9. The summed E-state index contributed by atoms with van der Waals surface area (Å²) in [6.07, 6.45) is 4.26. The molecule has 0 aliphatic heterocycles. The standard InChI is InChI=1S/C24H22N6O2/c1-2-21(31)29-18-8-4-9-19(13-18)32-22-15-28-24-23(30-22)20(14-27-24)16-6-3-7-17(12-16)26-11-5-10-25/h3-4,6-9,12-15,26H,2,5,11H2,1H3,(H,27,28)(H,29,31). The van der Waals surface area contributed by atoms with Gasteiger partial charge in [-0.1, -0.05) is 25.1 Å². The third-order valence-corrected chi connectivity index (χ3v) is 4.76. The second kappa shape index (κ2) is 9.62. The highest BCUT2D eigenvalue weighted by Gasteiger charge is 2.12. The highest BCUT2D eigenvalue weighted by atomic mass is 16.5. The number of hydrogen-bond acceptors (Lipinski definition) is 6. The van der Waals surface area contributed by atoms with Crippen molar-refractivity contribution in [2.24, 2.45) is 0 Å². The first kappa shape index (κ1) is 20.9. The van der Waals surface area contributed by atoms with E-state index in [0.717, 1.165) is 16.8 Å². The number of fused-ring (bicyclic) bond motifs is 1. The van der Waals surface area contributed by atoms with Gasteiger partial charge < -0.3 is 20.4 Å². The third-order valence-electron chi connectivity index (χ3n) is 4.76. The normalized spacial score (nSPS) is 10.5. The van der Waals surface area contributed by atoms with Gasteiger partial charge in [-0.25, -0.2) is 9.97 Å². The van der Waals surface area contributed by atoms with E-state index in [-0.39, 0.29) is 5.91 Å². The molecular formula is C24H22N6O2. The van der Waals surface area contributed by atoms with Gasteiger partial charge in [0, 0.05) is 42.2 Å². The molecule has 0 spiro atoms. The number of carbonyl (C=O) groups is 1. The number of nitrogens with one attached hydrogen (secondary N) is 3. The monoisotopic (exact) mass is 426 g/mol. The molecule has 0 atom stereocenters. The molecule has 0 fully saturated rings.